The second-order valence-electron chi connectivity index (χ2n) is 7.52. The van der Waals surface area contributed by atoms with Gasteiger partial charge in [-0.3, -0.25) is 4.79 Å². The Morgan fingerprint density at radius 2 is 1.61 bits per heavy atom. The van der Waals surface area contributed by atoms with Crippen LogP contribution in [0.15, 0.2) is 79.4 Å². The molecule has 28 heavy (non-hydrogen) atoms. The van der Waals surface area contributed by atoms with Gasteiger partial charge in [-0.15, -0.1) is 0 Å². The molecule has 0 unspecified atom stereocenters. The molecule has 3 aromatic carbocycles. The van der Waals surface area contributed by atoms with Crippen molar-refractivity contribution >= 4 is 11.5 Å². The minimum absolute atomic E-state index is 0.133. The van der Waals surface area contributed by atoms with Gasteiger partial charge in [-0.1, -0.05) is 79.4 Å². The van der Waals surface area contributed by atoms with Crippen LogP contribution in [0.2, 0.25) is 0 Å². The van der Waals surface area contributed by atoms with Gasteiger partial charge in [-0.25, -0.2) is 0 Å². The zero-order valence-corrected chi connectivity index (χ0v) is 15.9. The van der Waals surface area contributed by atoms with Crippen molar-refractivity contribution in [1.29, 1.82) is 0 Å². The second kappa shape index (κ2) is 7.85. The van der Waals surface area contributed by atoms with Crippen molar-refractivity contribution in [3.8, 4) is 11.1 Å². The fourth-order valence-electron chi connectivity index (χ4n) is 4.19. The predicted octanol–water partition coefficient (Wildman–Crippen LogP) is 6.31. The van der Waals surface area contributed by atoms with Crippen LogP contribution < -0.4 is 0 Å². The number of benzene rings is 3. The molecule has 0 spiro atoms. The van der Waals surface area contributed by atoms with Gasteiger partial charge in [-0.05, 0) is 64.1 Å². The van der Waals surface area contributed by atoms with Crippen LogP contribution in [-0.2, 0) is 11.2 Å². The molecule has 2 nitrogen and oxygen atoms in total. The lowest BCUT2D eigenvalue weighted by molar-refractivity contribution is -0.137. The van der Waals surface area contributed by atoms with Crippen molar-refractivity contribution in [3.05, 3.63) is 102 Å². The SMILES string of the molecule is C=C(c1ccc(-c2ccccc2)cc1)c1ccc2c(c1)CCC[C@@H]2CC(=O)O. The molecule has 0 amide bonds. The number of carboxylic acids is 1. The van der Waals surface area contributed by atoms with E-state index in [-0.39, 0.29) is 12.3 Å². The van der Waals surface area contributed by atoms with Gasteiger partial charge in [0.1, 0.15) is 0 Å². The van der Waals surface area contributed by atoms with E-state index in [9.17, 15) is 9.90 Å². The fourth-order valence-corrected chi connectivity index (χ4v) is 4.19. The zero-order chi connectivity index (χ0) is 19.5. The molecule has 0 bridgehead atoms. The molecule has 1 N–H and O–H groups in total. The Bertz CT molecular complexity index is 1000. The maximum atomic E-state index is 11.2. The summed E-state index contributed by atoms with van der Waals surface area (Å²) in [5.74, 6) is -0.585. The normalized spacial score (nSPS) is 15.6. The molecule has 0 saturated heterocycles. The van der Waals surface area contributed by atoms with Crippen molar-refractivity contribution in [2.45, 2.75) is 31.6 Å². The Balaban J connectivity index is 1.58. The number of aryl methyl sites for hydroxylation is 1. The number of aliphatic carboxylic acids is 1. The first-order valence-corrected chi connectivity index (χ1v) is 9.81. The molecule has 1 aliphatic rings. The van der Waals surface area contributed by atoms with E-state index in [1.54, 1.807) is 0 Å². The molecule has 0 heterocycles. The van der Waals surface area contributed by atoms with Gasteiger partial charge in [0.05, 0.1) is 6.42 Å². The van der Waals surface area contributed by atoms with Crippen molar-refractivity contribution in [3.63, 3.8) is 0 Å². The topological polar surface area (TPSA) is 37.3 Å². The number of hydrogen-bond acceptors (Lipinski definition) is 1. The third kappa shape index (κ3) is 3.77. The zero-order valence-electron chi connectivity index (χ0n) is 15.9. The molecule has 0 radical (unpaired) electrons. The maximum Gasteiger partial charge on any atom is 0.303 e. The number of rotatable bonds is 5. The Morgan fingerprint density at radius 1 is 0.929 bits per heavy atom. The van der Waals surface area contributed by atoms with Crippen LogP contribution in [0.25, 0.3) is 16.7 Å². The van der Waals surface area contributed by atoms with Gasteiger partial charge in [0, 0.05) is 0 Å². The first-order chi connectivity index (χ1) is 13.6. The molecular formula is C26H24O2. The molecule has 0 fully saturated rings. The van der Waals surface area contributed by atoms with Crippen LogP contribution >= 0.6 is 0 Å². The summed E-state index contributed by atoms with van der Waals surface area (Å²) in [5, 5.41) is 9.17. The number of carbonyl (C=O) groups is 1. The average Bonchev–Trinajstić information content (AvgIpc) is 2.73. The molecular weight excluding hydrogens is 344 g/mol. The minimum Gasteiger partial charge on any atom is -0.481 e. The van der Waals surface area contributed by atoms with E-state index in [0.29, 0.717) is 0 Å². The Labute approximate surface area is 166 Å². The van der Waals surface area contributed by atoms with E-state index in [4.69, 9.17) is 0 Å². The molecule has 0 aromatic heterocycles. The Hall–Kier alpha value is -3.13. The standard InChI is InChI=1S/C26H24O2/c1-18(19-10-12-21(13-11-19)20-6-3-2-4-7-20)22-14-15-25-23(16-22)8-5-9-24(25)17-26(27)28/h2-4,6-7,10-16,24H,1,5,8-9,17H2,(H,27,28)/t24-/m1/s1. The molecule has 1 aliphatic carbocycles. The first kappa shape index (κ1) is 18.2. The molecule has 0 saturated carbocycles. The molecule has 2 heteroatoms. The van der Waals surface area contributed by atoms with E-state index >= 15 is 0 Å². The van der Waals surface area contributed by atoms with E-state index in [1.807, 2.05) is 18.2 Å². The summed E-state index contributed by atoms with van der Waals surface area (Å²) in [4.78, 5) is 11.2. The monoisotopic (exact) mass is 368 g/mol. The van der Waals surface area contributed by atoms with Crippen molar-refractivity contribution < 1.29 is 9.90 Å². The number of fused-ring (bicyclic) bond motifs is 1. The third-order valence-corrected chi connectivity index (χ3v) is 5.69. The van der Waals surface area contributed by atoms with Crippen LogP contribution in [0, 0.1) is 0 Å². The summed E-state index contributed by atoms with van der Waals surface area (Å²) >= 11 is 0. The molecule has 1 atom stereocenters. The number of hydrogen-bond donors (Lipinski definition) is 1. The highest BCUT2D eigenvalue weighted by Crippen LogP contribution is 2.36. The summed E-state index contributed by atoms with van der Waals surface area (Å²) in [6, 6.07) is 25.3. The average molecular weight is 368 g/mol. The van der Waals surface area contributed by atoms with Crippen molar-refractivity contribution in [2.75, 3.05) is 0 Å². The third-order valence-electron chi connectivity index (χ3n) is 5.69. The number of carboxylic acid groups (broad SMARTS) is 1. The van der Waals surface area contributed by atoms with E-state index in [2.05, 4.69) is 61.2 Å². The largest absolute Gasteiger partial charge is 0.481 e. The van der Waals surface area contributed by atoms with Gasteiger partial charge < -0.3 is 5.11 Å². The summed E-state index contributed by atoms with van der Waals surface area (Å²) in [6.07, 6.45) is 3.24. The van der Waals surface area contributed by atoms with E-state index < -0.39 is 5.97 Å². The highest BCUT2D eigenvalue weighted by Gasteiger charge is 2.23. The van der Waals surface area contributed by atoms with Crippen molar-refractivity contribution in [1.82, 2.24) is 0 Å². The molecule has 3 aromatic rings. The fraction of sp³-hybridized carbons (Fsp3) is 0.192. The van der Waals surface area contributed by atoms with Gasteiger partial charge in [-0.2, -0.15) is 0 Å². The van der Waals surface area contributed by atoms with Crippen LogP contribution in [0.4, 0.5) is 0 Å². The maximum absolute atomic E-state index is 11.2. The quantitative estimate of drug-likeness (QED) is 0.573. The molecule has 4 rings (SSSR count). The van der Waals surface area contributed by atoms with Crippen molar-refractivity contribution in [2.24, 2.45) is 0 Å². The summed E-state index contributed by atoms with van der Waals surface area (Å²) in [5.41, 5.74) is 8.10. The lowest BCUT2D eigenvalue weighted by Crippen LogP contribution is -2.13. The van der Waals surface area contributed by atoms with Gasteiger partial charge in [0.2, 0.25) is 0 Å². The van der Waals surface area contributed by atoms with Gasteiger partial charge in [0.15, 0.2) is 0 Å². The van der Waals surface area contributed by atoms with Crippen LogP contribution in [0.1, 0.15) is 47.4 Å². The second-order valence-corrected chi connectivity index (χ2v) is 7.52. The van der Waals surface area contributed by atoms with E-state index in [0.717, 1.165) is 36.0 Å². The molecule has 140 valence electrons. The summed E-state index contributed by atoms with van der Waals surface area (Å²) < 4.78 is 0. The lowest BCUT2D eigenvalue weighted by atomic mass is 9.79. The van der Waals surface area contributed by atoms with E-state index in [1.165, 1.54) is 22.3 Å². The van der Waals surface area contributed by atoms with Gasteiger partial charge in [0.25, 0.3) is 0 Å². The minimum atomic E-state index is -0.718. The van der Waals surface area contributed by atoms with Gasteiger partial charge >= 0.3 is 5.97 Å². The predicted molar refractivity (Wildman–Crippen MR) is 114 cm³/mol. The van der Waals surface area contributed by atoms with Crippen LogP contribution in [-0.4, -0.2) is 11.1 Å². The van der Waals surface area contributed by atoms with Crippen LogP contribution in [0.3, 0.4) is 0 Å². The molecule has 0 aliphatic heterocycles. The smallest absolute Gasteiger partial charge is 0.303 e. The van der Waals surface area contributed by atoms with Crippen LogP contribution in [0.5, 0.6) is 0 Å². The Kier molecular flexibility index (Phi) is 5.12. The Morgan fingerprint density at radius 3 is 2.32 bits per heavy atom. The summed E-state index contributed by atoms with van der Waals surface area (Å²) in [6.45, 7) is 4.32. The first-order valence-electron chi connectivity index (χ1n) is 9.81. The lowest BCUT2D eigenvalue weighted by Gasteiger charge is -2.25. The highest BCUT2D eigenvalue weighted by atomic mass is 16.4. The summed E-state index contributed by atoms with van der Waals surface area (Å²) in [7, 11) is 0. The highest BCUT2D eigenvalue weighted by molar-refractivity contribution is 5.80.